The highest BCUT2D eigenvalue weighted by Gasteiger charge is 2.20. The zero-order valence-electron chi connectivity index (χ0n) is 12.3. The Morgan fingerprint density at radius 1 is 1.14 bits per heavy atom. The van der Waals surface area contributed by atoms with E-state index < -0.39 is 0 Å². The van der Waals surface area contributed by atoms with Gasteiger partial charge in [0.05, 0.1) is 6.04 Å². The maximum atomic E-state index is 12.1. The topological polar surface area (TPSA) is 38.3 Å². The van der Waals surface area contributed by atoms with Gasteiger partial charge in [-0.2, -0.15) is 0 Å². The molecule has 0 aromatic heterocycles. The number of amides is 1. The lowest BCUT2D eigenvalue weighted by atomic mass is 10.0. The van der Waals surface area contributed by atoms with Crippen LogP contribution in [0, 0.1) is 0 Å². The van der Waals surface area contributed by atoms with Crippen LogP contribution in [0.25, 0.3) is 0 Å². The quantitative estimate of drug-likeness (QED) is 0.904. The van der Waals surface area contributed by atoms with Gasteiger partial charge in [-0.1, -0.05) is 48.5 Å². The Morgan fingerprint density at radius 3 is 2.77 bits per heavy atom. The number of ether oxygens (including phenoxy) is 1. The van der Waals surface area contributed by atoms with Crippen LogP contribution in [-0.2, 0) is 11.3 Å². The summed E-state index contributed by atoms with van der Waals surface area (Å²) >= 11 is 1.86. The first-order valence-corrected chi connectivity index (χ1v) is 8.50. The van der Waals surface area contributed by atoms with E-state index in [1.807, 2.05) is 54.2 Å². The van der Waals surface area contributed by atoms with E-state index in [0.717, 1.165) is 24.2 Å². The van der Waals surface area contributed by atoms with Crippen molar-refractivity contribution >= 4 is 17.9 Å². The van der Waals surface area contributed by atoms with Gasteiger partial charge in [0, 0.05) is 4.90 Å². The summed E-state index contributed by atoms with van der Waals surface area (Å²) in [4.78, 5) is 13.3. The number of carbonyl (C=O) groups is 1. The van der Waals surface area contributed by atoms with Crippen LogP contribution in [0.3, 0.4) is 0 Å². The Hall–Kier alpha value is -1.94. The SMILES string of the molecule is O=C(NC1CCCSc2ccccc21)OCc1ccccc1. The van der Waals surface area contributed by atoms with Gasteiger partial charge in [0.2, 0.25) is 0 Å². The molecule has 0 aliphatic carbocycles. The highest BCUT2D eigenvalue weighted by atomic mass is 32.2. The van der Waals surface area contributed by atoms with Crippen LogP contribution in [-0.4, -0.2) is 11.8 Å². The molecule has 0 bridgehead atoms. The summed E-state index contributed by atoms with van der Waals surface area (Å²) in [5, 5.41) is 3.01. The predicted molar refractivity (Wildman–Crippen MR) is 88.9 cm³/mol. The standard InChI is InChI=1S/C18H19NO2S/c20-18(21-13-14-7-2-1-3-8-14)19-16-10-6-12-22-17-11-5-4-9-15(16)17/h1-5,7-9,11,16H,6,10,12-13H2,(H,19,20). The van der Waals surface area contributed by atoms with Gasteiger partial charge in [0.1, 0.15) is 6.61 Å². The molecule has 0 radical (unpaired) electrons. The molecule has 3 rings (SSSR count). The normalized spacial score (nSPS) is 17.2. The van der Waals surface area contributed by atoms with Gasteiger partial charge >= 0.3 is 6.09 Å². The van der Waals surface area contributed by atoms with Crippen molar-refractivity contribution in [2.45, 2.75) is 30.4 Å². The van der Waals surface area contributed by atoms with Gasteiger partial charge in [0.25, 0.3) is 0 Å². The van der Waals surface area contributed by atoms with E-state index >= 15 is 0 Å². The van der Waals surface area contributed by atoms with Gasteiger partial charge in [-0.15, -0.1) is 11.8 Å². The maximum Gasteiger partial charge on any atom is 0.407 e. The summed E-state index contributed by atoms with van der Waals surface area (Å²) < 4.78 is 5.33. The van der Waals surface area contributed by atoms with Crippen molar-refractivity contribution in [1.29, 1.82) is 0 Å². The number of fused-ring (bicyclic) bond motifs is 1. The fraction of sp³-hybridized carbons (Fsp3) is 0.278. The van der Waals surface area contributed by atoms with E-state index in [0.29, 0.717) is 6.61 Å². The zero-order valence-corrected chi connectivity index (χ0v) is 13.1. The van der Waals surface area contributed by atoms with Crippen molar-refractivity contribution in [3.05, 3.63) is 65.7 Å². The molecular weight excluding hydrogens is 294 g/mol. The predicted octanol–water partition coefficient (Wildman–Crippen LogP) is 4.54. The molecular formula is C18H19NO2S. The first-order valence-electron chi connectivity index (χ1n) is 7.52. The van der Waals surface area contributed by atoms with Crippen LogP contribution in [0.2, 0.25) is 0 Å². The molecule has 4 heteroatoms. The molecule has 0 saturated heterocycles. The van der Waals surface area contributed by atoms with Crippen LogP contribution in [0.5, 0.6) is 0 Å². The molecule has 3 nitrogen and oxygen atoms in total. The van der Waals surface area contributed by atoms with E-state index in [9.17, 15) is 4.79 Å². The molecule has 1 N–H and O–H groups in total. The number of hydrogen-bond donors (Lipinski definition) is 1. The summed E-state index contributed by atoms with van der Waals surface area (Å²) in [6.07, 6.45) is 1.68. The fourth-order valence-corrected chi connectivity index (χ4v) is 3.66. The minimum atomic E-state index is -0.351. The average molecular weight is 313 g/mol. The number of rotatable bonds is 3. The summed E-state index contributed by atoms with van der Waals surface area (Å²) in [7, 11) is 0. The van der Waals surface area contributed by atoms with Gasteiger partial charge in [-0.05, 0) is 35.8 Å². The number of hydrogen-bond acceptors (Lipinski definition) is 3. The van der Waals surface area contributed by atoms with E-state index in [1.54, 1.807) is 0 Å². The maximum absolute atomic E-state index is 12.1. The second-order valence-electron chi connectivity index (χ2n) is 5.29. The lowest BCUT2D eigenvalue weighted by Gasteiger charge is -2.18. The number of alkyl carbamates (subject to hydrolysis) is 1. The van der Waals surface area contributed by atoms with Gasteiger partial charge in [0.15, 0.2) is 0 Å². The van der Waals surface area contributed by atoms with Crippen molar-refractivity contribution in [3.63, 3.8) is 0 Å². The molecule has 1 amide bonds. The Bertz CT molecular complexity index is 630. The first-order chi connectivity index (χ1) is 10.8. The Balaban J connectivity index is 1.61. The molecule has 114 valence electrons. The van der Waals surface area contributed by atoms with E-state index in [2.05, 4.69) is 17.4 Å². The average Bonchev–Trinajstić information content (AvgIpc) is 2.77. The van der Waals surface area contributed by atoms with Crippen molar-refractivity contribution in [3.8, 4) is 0 Å². The van der Waals surface area contributed by atoms with Crippen LogP contribution in [0.1, 0.15) is 30.0 Å². The highest BCUT2D eigenvalue weighted by molar-refractivity contribution is 7.99. The van der Waals surface area contributed by atoms with Crippen LogP contribution in [0.4, 0.5) is 4.79 Å². The Labute approximate surface area is 135 Å². The number of thioether (sulfide) groups is 1. The zero-order chi connectivity index (χ0) is 15.2. The lowest BCUT2D eigenvalue weighted by molar-refractivity contribution is 0.135. The molecule has 1 heterocycles. The molecule has 2 aromatic rings. The summed E-state index contributed by atoms with van der Waals surface area (Å²) in [5.41, 5.74) is 2.19. The Morgan fingerprint density at radius 2 is 1.91 bits per heavy atom. The molecule has 0 spiro atoms. The van der Waals surface area contributed by atoms with Crippen molar-refractivity contribution in [2.75, 3.05) is 5.75 Å². The lowest BCUT2D eigenvalue weighted by Crippen LogP contribution is -2.29. The molecule has 0 fully saturated rings. The van der Waals surface area contributed by atoms with Crippen molar-refractivity contribution in [2.24, 2.45) is 0 Å². The number of benzene rings is 2. The molecule has 1 aliphatic heterocycles. The molecule has 1 unspecified atom stereocenters. The minimum Gasteiger partial charge on any atom is -0.445 e. The van der Waals surface area contributed by atoms with Crippen LogP contribution in [0.15, 0.2) is 59.5 Å². The molecule has 1 atom stereocenters. The minimum absolute atomic E-state index is 0.0365. The summed E-state index contributed by atoms with van der Waals surface area (Å²) in [6.45, 7) is 0.301. The first kappa shape index (κ1) is 15.0. The van der Waals surface area contributed by atoms with E-state index in [-0.39, 0.29) is 12.1 Å². The second-order valence-corrected chi connectivity index (χ2v) is 6.42. The smallest absolute Gasteiger partial charge is 0.407 e. The monoisotopic (exact) mass is 313 g/mol. The molecule has 22 heavy (non-hydrogen) atoms. The van der Waals surface area contributed by atoms with Gasteiger partial charge in [-0.3, -0.25) is 0 Å². The largest absolute Gasteiger partial charge is 0.445 e. The van der Waals surface area contributed by atoms with E-state index in [4.69, 9.17) is 4.74 Å². The van der Waals surface area contributed by atoms with Crippen LogP contribution < -0.4 is 5.32 Å². The number of carbonyl (C=O) groups excluding carboxylic acids is 1. The van der Waals surface area contributed by atoms with Gasteiger partial charge in [-0.25, -0.2) is 4.79 Å². The second kappa shape index (κ2) is 7.36. The third-order valence-electron chi connectivity index (χ3n) is 3.69. The van der Waals surface area contributed by atoms with E-state index in [1.165, 1.54) is 10.5 Å². The summed E-state index contributed by atoms with van der Waals surface area (Å²) in [6, 6.07) is 18.0. The molecule has 2 aromatic carbocycles. The van der Waals surface area contributed by atoms with Crippen LogP contribution >= 0.6 is 11.8 Å². The Kier molecular flexibility index (Phi) is 5.01. The third-order valence-corrected chi connectivity index (χ3v) is 4.87. The fourth-order valence-electron chi connectivity index (χ4n) is 2.58. The highest BCUT2D eigenvalue weighted by Crippen LogP contribution is 2.34. The number of nitrogens with one attached hydrogen (secondary N) is 1. The van der Waals surface area contributed by atoms with Crippen molar-refractivity contribution < 1.29 is 9.53 Å². The van der Waals surface area contributed by atoms with Crippen molar-refractivity contribution in [1.82, 2.24) is 5.32 Å². The molecule has 0 saturated carbocycles. The van der Waals surface area contributed by atoms with Gasteiger partial charge < -0.3 is 10.1 Å². The molecule has 1 aliphatic rings. The summed E-state index contributed by atoms with van der Waals surface area (Å²) in [5.74, 6) is 1.09. The third kappa shape index (κ3) is 3.83.